The predicted octanol–water partition coefficient (Wildman–Crippen LogP) is 35.3. The average molecular weight is 1920 g/mol. The second-order valence-electron chi connectivity index (χ2n) is 38.4. The van der Waals surface area contributed by atoms with Crippen LogP contribution < -0.4 is 0 Å². The van der Waals surface area contributed by atoms with Gasteiger partial charge in [-0.2, -0.15) is 0 Å². The van der Waals surface area contributed by atoms with Crippen LogP contribution in [-0.2, 0) is 0 Å². The molecule has 12 nitrogen and oxygen atoms in total. The van der Waals surface area contributed by atoms with Crippen LogP contribution in [0.25, 0.3) is 264 Å². The molecule has 702 valence electrons. The van der Waals surface area contributed by atoms with Gasteiger partial charge in [0.1, 0.15) is 0 Å². The van der Waals surface area contributed by atoms with E-state index < -0.39 is 0 Å². The van der Waals surface area contributed by atoms with Crippen LogP contribution >= 0.6 is 0 Å². The lowest BCUT2D eigenvalue weighted by Gasteiger charge is -2.14. The molecule has 0 N–H and O–H groups in total. The van der Waals surface area contributed by atoms with Gasteiger partial charge >= 0.3 is 0 Å². The SMILES string of the molecule is c1ccc(-c2cc(-c3ccccc3)cc(-n3c4cnccc4c4c3ccc3c5ccccc5n(-c5ccccc5)c34)c2)cc1.c1ccc(-c2cccc(-n3c4cnccc4c4ccc5c(c6ccccc6n5-c5ccccc5)c43)c2)cc1.c1ccc(-n2c3ccccc3c3ccc4c(c5cnccc5n4-c4ccc5ccccc5c4)c32)cc1.c1ccc(-n2c3cnccc3c3c2ccc2c4ccccc4n(-c4ccccc4)c23)cc1. The quantitative estimate of drug-likeness (QED) is 0.129. The third kappa shape index (κ3) is 14.1. The molecule has 0 atom stereocenters. The Bertz CT molecular complexity index is 10800. The second-order valence-corrected chi connectivity index (χ2v) is 38.4. The molecule has 0 aliphatic rings. The van der Waals surface area contributed by atoms with Crippen LogP contribution in [0.5, 0.6) is 0 Å². The van der Waals surface area contributed by atoms with Crippen molar-refractivity contribution in [1.82, 2.24) is 56.5 Å². The molecule has 150 heavy (non-hydrogen) atoms. The molecule has 0 saturated carbocycles. The maximum absolute atomic E-state index is 4.63. The zero-order chi connectivity index (χ0) is 98.8. The summed E-state index contributed by atoms with van der Waals surface area (Å²) in [6.07, 6.45) is 15.6. The Hall–Kier alpha value is -20.3. The fraction of sp³-hybridized carbons (Fsp3) is 0. The van der Waals surface area contributed by atoms with Gasteiger partial charge in [-0.05, 0) is 220 Å². The van der Waals surface area contributed by atoms with Gasteiger partial charge in [-0.25, -0.2) is 0 Å². The summed E-state index contributed by atoms with van der Waals surface area (Å²) in [5, 5.41) is 22.2. The normalized spacial score (nSPS) is 11.7. The fourth-order valence-corrected chi connectivity index (χ4v) is 23.8. The van der Waals surface area contributed by atoms with E-state index in [1.165, 1.54) is 191 Å². The minimum atomic E-state index is 1.09. The molecule has 0 unspecified atom stereocenters. The van der Waals surface area contributed by atoms with Crippen molar-refractivity contribution in [3.05, 3.63) is 547 Å². The van der Waals surface area contributed by atoms with Gasteiger partial charge in [-0.15, -0.1) is 0 Å². The van der Waals surface area contributed by atoms with Crippen molar-refractivity contribution in [1.29, 1.82) is 0 Å². The van der Waals surface area contributed by atoms with Gasteiger partial charge in [0.2, 0.25) is 0 Å². The van der Waals surface area contributed by atoms with Crippen LogP contribution in [0, 0.1) is 0 Å². The van der Waals surface area contributed by atoms with E-state index in [0.29, 0.717) is 0 Å². The van der Waals surface area contributed by atoms with Crippen molar-refractivity contribution < 1.29 is 0 Å². The molecule has 0 radical (unpaired) electrons. The van der Waals surface area contributed by atoms with Crippen LogP contribution in [0.15, 0.2) is 547 Å². The topological polar surface area (TPSA) is 91.0 Å². The first-order valence-electron chi connectivity index (χ1n) is 50.9. The summed E-state index contributed by atoms with van der Waals surface area (Å²) in [6.45, 7) is 0. The number of benzene rings is 20. The number of fused-ring (bicyclic) bond motifs is 29. The summed E-state index contributed by atoms with van der Waals surface area (Å²) in [6, 6.07) is 178. The monoisotopic (exact) mass is 1910 g/mol. The summed E-state index contributed by atoms with van der Waals surface area (Å²) in [7, 11) is 0. The smallest absolute Gasteiger partial charge is 0.0725 e. The molecule has 0 amide bonds. The van der Waals surface area contributed by atoms with Gasteiger partial charge < -0.3 is 36.5 Å². The Kier molecular flexibility index (Phi) is 20.7. The lowest BCUT2D eigenvalue weighted by molar-refractivity contribution is 1.16. The van der Waals surface area contributed by atoms with Crippen molar-refractivity contribution in [2.24, 2.45) is 0 Å². The highest BCUT2D eigenvalue weighted by molar-refractivity contribution is 6.31. The molecule has 0 spiro atoms. The molecule has 12 aromatic heterocycles. The van der Waals surface area contributed by atoms with Crippen LogP contribution in [-0.4, -0.2) is 56.5 Å². The highest BCUT2D eigenvalue weighted by Crippen LogP contribution is 2.50. The van der Waals surface area contributed by atoms with Crippen LogP contribution in [0.3, 0.4) is 0 Å². The Balaban J connectivity index is 0.0000000944. The van der Waals surface area contributed by atoms with Gasteiger partial charge in [0.15, 0.2) is 0 Å². The van der Waals surface area contributed by atoms with Gasteiger partial charge in [0.05, 0.1) is 107 Å². The van der Waals surface area contributed by atoms with E-state index in [2.05, 4.69) is 554 Å². The molecule has 32 aromatic rings. The minimum absolute atomic E-state index is 1.09. The van der Waals surface area contributed by atoms with E-state index in [0.717, 1.165) is 72.8 Å². The number of pyridine rings is 4. The van der Waals surface area contributed by atoms with E-state index in [1.807, 2.05) is 49.6 Å². The van der Waals surface area contributed by atoms with E-state index in [4.69, 9.17) is 0 Å². The number of aromatic nitrogens is 12. The Morgan fingerprint density at radius 3 is 0.820 bits per heavy atom. The summed E-state index contributed by atoms with van der Waals surface area (Å²) >= 11 is 0. The summed E-state index contributed by atoms with van der Waals surface area (Å²) in [5.41, 5.74) is 35.2. The number of hydrogen-bond acceptors (Lipinski definition) is 4. The van der Waals surface area contributed by atoms with Crippen molar-refractivity contribution in [2.75, 3.05) is 0 Å². The van der Waals surface area contributed by atoms with E-state index in [9.17, 15) is 0 Å². The van der Waals surface area contributed by atoms with Crippen molar-refractivity contribution in [3.8, 4) is 78.9 Å². The van der Waals surface area contributed by atoms with Crippen LogP contribution in [0.4, 0.5) is 0 Å². The van der Waals surface area contributed by atoms with Crippen LogP contribution in [0.2, 0.25) is 0 Å². The van der Waals surface area contributed by atoms with Gasteiger partial charge in [0, 0.05) is 163 Å². The standard InChI is InChI=1S/C41H27N3.C35H23N3.C33H21N3.C29H19N3/c1-4-12-28(13-5-1)30-24-31(29-14-6-2-7-15-29)26-33(25-30)43-38-21-20-35-34-18-10-11-19-37(34)44(32-16-8-3-9-17-32)41(35)40(38)36-22-23-42-27-39(36)43;1-3-10-24(11-4-1)25-12-9-15-27(22-25)38-33-23-36-21-20-28(33)29-18-19-32-34(35(29)38)30-16-7-8-17-31(30)37(32)26-13-5-2-6-14-26;1-2-10-24(11-3-1)36-29-13-7-6-12-26(29)27-16-17-31-32(33(27)36)28-21-34-19-18-30(28)35(31)25-15-14-22-8-4-5-9-23(22)20-25;1-3-9-20(10-4-1)31-26-16-15-23-22-13-7-8-14-25(22)32(21-11-5-2-6-12-21)29(23)28(26)24-17-18-30-19-27(24)31/h1-27H;1-23H;1-21H;1-19H. The van der Waals surface area contributed by atoms with E-state index in [-0.39, 0.29) is 0 Å². The summed E-state index contributed by atoms with van der Waals surface area (Å²) in [4.78, 5) is 18.2. The Morgan fingerprint density at radius 2 is 0.387 bits per heavy atom. The lowest BCUT2D eigenvalue weighted by Crippen LogP contribution is -1.97. The maximum atomic E-state index is 4.63. The largest absolute Gasteiger partial charge is 0.309 e. The average Bonchev–Trinajstić information content (AvgIpc) is 1.56. The second kappa shape index (κ2) is 35.9. The first kappa shape index (κ1) is 86.3. The molecule has 32 rings (SSSR count). The van der Waals surface area contributed by atoms with Crippen molar-refractivity contribution >= 4 is 185 Å². The first-order valence-corrected chi connectivity index (χ1v) is 50.9. The molecule has 12 heteroatoms. The third-order valence-corrected chi connectivity index (χ3v) is 30.1. The number of para-hydroxylation sites is 9. The minimum Gasteiger partial charge on any atom is -0.309 e. The molecule has 0 aliphatic carbocycles. The molecule has 12 heterocycles. The Labute approximate surface area is 861 Å². The predicted molar refractivity (Wildman–Crippen MR) is 625 cm³/mol. The zero-order valence-electron chi connectivity index (χ0n) is 81.3. The number of rotatable bonds is 11. The van der Waals surface area contributed by atoms with Crippen molar-refractivity contribution in [3.63, 3.8) is 0 Å². The number of hydrogen-bond donors (Lipinski definition) is 0. The first-order chi connectivity index (χ1) is 74.5. The molecular weight excluding hydrogens is 1830 g/mol. The molecule has 0 aliphatic heterocycles. The van der Waals surface area contributed by atoms with Crippen molar-refractivity contribution in [2.45, 2.75) is 0 Å². The highest BCUT2D eigenvalue weighted by atomic mass is 15.1. The van der Waals surface area contributed by atoms with E-state index >= 15 is 0 Å². The third-order valence-electron chi connectivity index (χ3n) is 30.1. The van der Waals surface area contributed by atoms with Gasteiger partial charge in [0.25, 0.3) is 0 Å². The highest BCUT2D eigenvalue weighted by Gasteiger charge is 2.28. The molecular formula is C138H90N12. The Morgan fingerprint density at radius 1 is 0.120 bits per heavy atom. The molecule has 0 saturated heterocycles. The number of nitrogens with zero attached hydrogens (tertiary/aromatic N) is 12. The van der Waals surface area contributed by atoms with Crippen LogP contribution in [0.1, 0.15) is 0 Å². The molecule has 20 aromatic carbocycles. The van der Waals surface area contributed by atoms with Gasteiger partial charge in [-0.1, -0.05) is 322 Å². The fourth-order valence-electron chi connectivity index (χ4n) is 23.8. The summed E-state index contributed by atoms with van der Waals surface area (Å²) in [5.74, 6) is 0. The molecule has 0 fully saturated rings. The van der Waals surface area contributed by atoms with E-state index in [1.54, 1.807) is 0 Å². The lowest BCUT2D eigenvalue weighted by atomic mass is 9.98. The summed E-state index contributed by atoms with van der Waals surface area (Å²) < 4.78 is 19.1. The van der Waals surface area contributed by atoms with Gasteiger partial charge in [-0.3, -0.25) is 19.9 Å². The molecule has 0 bridgehead atoms. The zero-order valence-corrected chi connectivity index (χ0v) is 81.3. The maximum Gasteiger partial charge on any atom is 0.0725 e.